The van der Waals surface area contributed by atoms with E-state index in [0.717, 1.165) is 5.56 Å². The Hall–Kier alpha value is -1.33. The third-order valence-corrected chi connectivity index (χ3v) is 4.52. The maximum atomic E-state index is 12.3. The average Bonchev–Trinajstić information content (AvgIpc) is 2.72. The van der Waals surface area contributed by atoms with Gasteiger partial charge in [-0.05, 0) is 26.0 Å². The smallest absolute Gasteiger partial charge is 0.239 e. The van der Waals surface area contributed by atoms with Crippen molar-refractivity contribution in [1.29, 1.82) is 0 Å². The van der Waals surface area contributed by atoms with E-state index in [2.05, 4.69) is 9.97 Å². The number of sulfone groups is 1. The molecule has 4 nitrogen and oxygen atoms in total. The van der Waals surface area contributed by atoms with Gasteiger partial charge in [-0.3, -0.25) is 0 Å². The van der Waals surface area contributed by atoms with Crippen LogP contribution in [0.3, 0.4) is 0 Å². The average molecular weight is 285 g/mol. The van der Waals surface area contributed by atoms with Gasteiger partial charge in [-0.2, -0.15) is 0 Å². The highest BCUT2D eigenvalue weighted by atomic mass is 35.5. The van der Waals surface area contributed by atoms with Crippen LogP contribution < -0.4 is 0 Å². The molecule has 0 saturated heterocycles. The van der Waals surface area contributed by atoms with Gasteiger partial charge in [-0.15, -0.1) is 11.6 Å². The van der Waals surface area contributed by atoms with Gasteiger partial charge in [0.2, 0.25) is 15.0 Å². The van der Waals surface area contributed by atoms with Crippen molar-refractivity contribution in [3.8, 4) is 0 Å². The summed E-state index contributed by atoms with van der Waals surface area (Å²) >= 11 is 5.69. The van der Waals surface area contributed by atoms with Crippen LogP contribution in [0.1, 0.15) is 17.0 Å². The Bertz CT molecular complexity index is 660. The number of halogens is 1. The Balaban J connectivity index is 2.50. The summed E-state index contributed by atoms with van der Waals surface area (Å²) in [7, 11) is -3.59. The van der Waals surface area contributed by atoms with Crippen molar-refractivity contribution in [3.63, 3.8) is 0 Å². The Morgan fingerprint density at radius 3 is 2.33 bits per heavy atom. The summed E-state index contributed by atoms with van der Waals surface area (Å²) in [6.07, 6.45) is 0. The molecule has 0 atom stereocenters. The zero-order valence-corrected chi connectivity index (χ0v) is 11.6. The molecular formula is C12H13ClN2O2S. The molecule has 0 amide bonds. The maximum Gasteiger partial charge on any atom is 0.239 e. The number of alkyl halides is 1. The monoisotopic (exact) mass is 284 g/mol. The predicted molar refractivity (Wildman–Crippen MR) is 69.5 cm³/mol. The fraction of sp³-hybridized carbons (Fsp3) is 0.250. The second kappa shape index (κ2) is 4.74. The lowest BCUT2D eigenvalue weighted by Gasteiger charge is -2.01. The summed E-state index contributed by atoms with van der Waals surface area (Å²) in [6, 6.07) is 6.65. The Morgan fingerprint density at radius 1 is 1.22 bits per heavy atom. The van der Waals surface area contributed by atoms with Gasteiger partial charge in [0, 0.05) is 5.69 Å². The van der Waals surface area contributed by atoms with E-state index in [9.17, 15) is 8.42 Å². The number of nitrogens with zero attached hydrogens (tertiary/aromatic N) is 1. The van der Waals surface area contributed by atoms with Crippen LogP contribution >= 0.6 is 11.6 Å². The minimum atomic E-state index is -3.59. The van der Waals surface area contributed by atoms with Gasteiger partial charge in [0.05, 0.1) is 16.5 Å². The minimum Gasteiger partial charge on any atom is -0.332 e. The molecule has 1 aromatic carbocycles. The van der Waals surface area contributed by atoms with E-state index in [1.807, 2.05) is 6.92 Å². The van der Waals surface area contributed by atoms with Crippen molar-refractivity contribution in [2.24, 2.45) is 0 Å². The molecule has 0 aliphatic rings. The van der Waals surface area contributed by atoms with E-state index in [4.69, 9.17) is 11.6 Å². The molecule has 2 rings (SSSR count). The van der Waals surface area contributed by atoms with E-state index >= 15 is 0 Å². The van der Waals surface area contributed by atoms with Crippen LogP contribution in [0, 0.1) is 13.8 Å². The number of aromatic amines is 1. The van der Waals surface area contributed by atoms with Crippen molar-refractivity contribution in [1.82, 2.24) is 9.97 Å². The van der Waals surface area contributed by atoms with Gasteiger partial charge in [0.1, 0.15) is 0 Å². The molecule has 18 heavy (non-hydrogen) atoms. The Kier molecular flexibility index (Phi) is 3.45. The van der Waals surface area contributed by atoms with E-state index in [1.165, 1.54) is 0 Å². The zero-order chi connectivity index (χ0) is 13.3. The fourth-order valence-corrected chi connectivity index (χ4v) is 3.05. The topological polar surface area (TPSA) is 62.8 Å². The van der Waals surface area contributed by atoms with Crippen molar-refractivity contribution >= 4 is 21.4 Å². The molecule has 1 heterocycles. The molecule has 0 spiro atoms. The third kappa shape index (κ3) is 2.28. The molecule has 0 radical (unpaired) electrons. The first-order chi connectivity index (χ1) is 8.45. The number of benzene rings is 1. The van der Waals surface area contributed by atoms with Crippen molar-refractivity contribution < 1.29 is 8.42 Å². The van der Waals surface area contributed by atoms with Gasteiger partial charge < -0.3 is 4.98 Å². The molecule has 0 bridgehead atoms. The molecule has 1 N–H and O–H groups in total. The van der Waals surface area contributed by atoms with Gasteiger partial charge in [0.15, 0.2) is 0 Å². The van der Waals surface area contributed by atoms with Crippen LogP contribution in [-0.4, -0.2) is 18.4 Å². The van der Waals surface area contributed by atoms with Crippen LogP contribution in [-0.2, 0) is 15.7 Å². The molecule has 0 aliphatic carbocycles. The highest BCUT2D eigenvalue weighted by molar-refractivity contribution is 7.91. The molecule has 0 aliphatic heterocycles. The Labute approximate surface area is 111 Å². The molecule has 0 unspecified atom stereocenters. The summed E-state index contributed by atoms with van der Waals surface area (Å²) in [5, 5.41) is -0.0560. The summed E-state index contributed by atoms with van der Waals surface area (Å²) in [5.41, 5.74) is 2.24. The van der Waals surface area contributed by atoms with E-state index in [-0.39, 0.29) is 15.9 Å². The lowest BCUT2D eigenvalue weighted by atomic mass is 10.2. The highest BCUT2D eigenvalue weighted by Crippen LogP contribution is 2.20. The van der Waals surface area contributed by atoms with Gasteiger partial charge in [-0.25, -0.2) is 13.4 Å². The number of nitrogens with one attached hydrogen (secondary N) is 1. The van der Waals surface area contributed by atoms with Gasteiger partial charge >= 0.3 is 0 Å². The first-order valence-corrected chi connectivity index (χ1v) is 7.40. The molecule has 2 aromatic rings. The van der Waals surface area contributed by atoms with Gasteiger partial charge in [-0.1, -0.05) is 17.7 Å². The van der Waals surface area contributed by atoms with E-state index in [1.54, 1.807) is 31.2 Å². The summed E-state index contributed by atoms with van der Waals surface area (Å²) < 4.78 is 24.6. The van der Waals surface area contributed by atoms with Gasteiger partial charge in [0.25, 0.3) is 0 Å². The molecule has 6 heteroatoms. The third-order valence-electron chi connectivity index (χ3n) is 2.68. The first kappa shape index (κ1) is 13.1. The summed E-state index contributed by atoms with van der Waals surface area (Å²) in [4.78, 5) is 7.01. The lowest BCUT2D eigenvalue weighted by molar-refractivity contribution is 0.588. The fourth-order valence-electron chi connectivity index (χ4n) is 1.55. The summed E-state index contributed by atoms with van der Waals surface area (Å²) in [6.45, 7) is 3.65. The number of aromatic nitrogens is 2. The van der Waals surface area contributed by atoms with Crippen LogP contribution in [0.5, 0.6) is 0 Å². The summed E-state index contributed by atoms with van der Waals surface area (Å²) in [5.74, 6) is 0.186. The minimum absolute atomic E-state index is 0.0560. The second-order valence-electron chi connectivity index (χ2n) is 4.06. The van der Waals surface area contributed by atoms with Crippen LogP contribution in [0.4, 0.5) is 0 Å². The standard InChI is InChI=1S/C12H13ClN2O2S/c1-8-3-5-10(6-4-8)18(16,17)12-14-9(2)11(7-13)15-12/h3-6H,7H2,1-2H3,(H,14,15). The van der Waals surface area contributed by atoms with E-state index in [0.29, 0.717) is 11.4 Å². The molecular weight excluding hydrogens is 272 g/mol. The number of rotatable bonds is 3. The molecule has 0 saturated carbocycles. The highest BCUT2D eigenvalue weighted by Gasteiger charge is 2.22. The SMILES string of the molecule is Cc1ccc(S(=O)(=O)c2nc(CCl)c(C)[nH]2)cc1. The number of hydrogen-bond acceptors (Lipinski definition) is 3. The van der Waals surface area contributed by atoms with Crippen molar-refractivity contribution in [2.75, 3.05) is 0 Å². The second-order valence-corrected chi connectivity index (χ2v) is 6.20. The number of aryl methyl sites for hydroxylation is 2. The molecule has 0 fully saturated rings. The number of imidazole rings is 1. The van der Waals surface area contributed by atoms with Crippen LogP contribution in [0.2, 0.25) is 0 Å². The largest absolute Gasteiger partial charge is 0.332 e. The van der Waals surface area contributed by atoms with Crippen LogP contribution in [0.25, 0.3) is 0 Å². The molecule has 96 valence electrons. The quantitative estimate of drug-likeness (QED) is 0.881. The lowest BCUT2D eigenvalue weighted by Crippen LogP contribution is -2.04. The maximum absolute atomic E-state index is 12.3. The Morgan fingerprint density at radius 2 is 1.83 bits per heavy atom. The number of hydrogen-bond donors (Lipinski definition) is 1. The van der Waals surface area contributed by atoms with Crippen molar-refractivity contribution in [3.05, 3.63) is 41.2 Å². The normalized spacial score (nSPS) is 11.7. The number of H-pyrrole nitrogens is 1. The van der Waals surface area contributed by atoms with Crippen LogP contribution in [0.15, 0.2) is 34.3 Å². The zero-order valence-electron chi connectivity index (χ0n) is 10.1. The predicted octanol–water partition coefficient (Wildman–Crippen LogP) is 2.60. The first-order valence-electron chi connectivity index (χ1n) is 5.38. The van der Waals surface area contributed by atoms with Crippen molar-refractivity contribution in [2.45, 2.75) is 29.8 Å². The van der Waals surface area contributed by atoms with E-state index < -0.39 is 9.84 Å². The molecule has 1 aromatic heterocycles.